The monoisotopic (exact) mass is 380 g/mol. The lowest BCUT2D eigenvalue weighted by Crippen LogP contribution is -2.33. The second kappa shape index (κ2) is 11.8. The third-order valence-corrected chi connectivity index (χ3v) is 4.03. The molecule has 0 saturated heterocycles. The fourth-order valence-electron chi connectivity index (χ4n) is 2.80. The van der Waals surface area contributed by atoms with Gasteiger partial charge < -0.3 is 19.9 Å². The van der Waals surface area contributed by atoms with Crippen molar-refractivity contribution in [3.05, 3.63) is 23.9 Å². The highest BCUT2D eigenvalue weighted by molar-refractivity contribution is 5.67. The van der Waals surface area contributed by atoms with Crippen molar-refractivity contribution in [1.29, 1.82) is 0 Å². The molecule has 154 valence electrons. The van der Waals surface area contributed by atoms with Crippen LogP contribution in [0.1, 0.15) is 78.5 Å². The number of nitrogens with zero attached hydrogens (tertiary/aromatic N) is 1. The van der Waals surface area contributed by atoms with Crippen molar-refractivity contribution < 1.29 is 19.4 Å². The van der Waals surface area contributed by atoms with Crippen molar-refractivity contribution in [2.75, 3.05) is 13.2 Å². The molecule has 0 aliphatic rings. The minimum absolute atomic E-state index is 0.303. The van der Waals surface area contributed by atoms with Crippen LogP contribution in [0, 0.1) is 5.92 Å². The van der Waals surface area contributed by atoms with Gasteiger partial charge >= 0.3 is 6.09 Å². The second-order valence-corrected chi connectivity index (χ2v) is 7.89. The summed E-state index contributed by atoms with van der Waals surface area (Å²) < 4.78 is 11.0. The van der Waals surface area contributed by atoms with Crippen LogP contribution in [0.4, 0.5) is 4.79 Å². The summed E-state index contributed by atoms with van der Waals surface area (Å²) in [6, 6.07) is 5.40. The Morgan fingerprint density at radius 3 is 2.44 bits per heavy atom. The first-order chi connectivity index (χ1) is 12.7. The molecule has 6 heteroatoms. The number of aromatic nitrogens is 1. The number of hydrogen-bond acceptors (Lipinski definition) is 5. The van der Waals surface area contributed by atoms with E-state index in [1.165, 1.54) is 0 Å². The van der Waals surface area contributed by atoms with Gasteiger partial charge in [-0.15, -0.1) is 0 Å². The van der Waals surface area contributed by atoms with Gasteiger partial charge in [-0.1, -0.05) is 32.8 Å². The highest BCUT2D eigenvalue weighted by Gasteiger charge is 2.17. The summed E-state index contributed by atoms with van der Waals surface area (Å²) in [4.78, 5) is 16.0. The van der Waals surface area contributed by atoms with Crippen molar-refractivity contribution in [2.24, 2.45) is 5.92 Å². The van der Waals surface area contributed by atoms with Crippen LogP contribution in [0.2, 0.25) is 0 Å². The van der Waals surface area contributed by atoms with Crippen molar-refractivity contribution in [1.82, 2.24) is 10.3 Å². The molecule has 1 aromatic rings. The van der Waals surface area contributed by atoms with Crippen molar-refractivity contribution in [3.8, 4) is 5.88 Å². The Kier molecular flexibility index (Phi) is 10.1. The molecule has 1 atom stereocenters. The van der Waals surface area contributed by atoms with Crippen LogP contribution >= 0.6 is 0 Å². The smallest absolute Gasteiger partial charge is 0.407 e. The minimum atomic E-state index is -0.773. The molecular weight excluding hydrogens is 344 g/mol. The summed E-state index contributed by atoms with van der Waals surface area (Å²) >= 11 is 0. The molecule has 0 bridgehead atoms. The molecule has 0 aromatic carbocycles. The quantitative estimate of drug-likeness (QED) is 0.585. The van der Waals surface area contributed by atoms with Gasteiger partial charge in [-0.05, 0) is 52.0 Å². The Morgan fingerprint density at radius 1 is 1.19 bits per heavy atom. The van der Waals surface area contributed by atoms with Gasteiger partial charge in [0.2, 0.25) is 5.88 Å². The maximum absolute atomic E-state index is 11.6. The SMILES string of the molecule is CCCC(CCC)COc1cccc(C(O)CCNC(=O)OC(C)(C)C)n1. The predicted octanol–water partition coefficient (Wildman–Crippen LogP) is 4.63. The van der Waals surface area contributed by atoms with E-state index in [2.05, 4.69) is 24.1 Å². The molecule has 1 heterocycles. The maximum atomic E-state index is 11.6. The van der Waals surface area contributed by atoms with E-state index in [0.717, 1.165) is 25.7 Å². The Morgan fingerprint density at radius 2 is 1.85 bits per heavy atom. The molecule has 6 nitrogen and oxygen atoms in total. The van der Waals surface area contributed by atoms with Crippen molar-refractivity contribution in [3.63, 3.8) is 0 Å². The van der Waals surface area contributed by atoms with Gasteiger partial charge in [-0.2, -0.15) is 0 Å². The number of nitrogens with one attached hydrogen (secondary N) is 1. The van der Waals surface area contributed by atoms with Crippen LogP contribution in [-0.2, 0) is 4.74 Å². The molecule has 0 radical (unpaired) electrons. The third kappa shape index (κ3) is 10.2. The fraction of sp³-hybridized carbons (Fsp3) is 0.714. The molecule has 0 saturated carbocycles. The number of carbonyl (C=O) groups excluding carboxylic acids is 1. The van der Waals surface area contributed by atoms with Crippen molar-refractivity contribution in [2.45, 2.75) is 78.4 Å². The third-order valence-electron chi connectivity index (χ3n) is 4.03. The number of aliphatic hydroxyl groups excluding tert-OH is 1. The Hall–Kier alpha value is -1.82. The largest absolute Gasteiger partial charge is 0.477 e. The van der Waals surface area contributed by atoms with Gasteiger partial charge in [-0.25, -0.2) is 9.78 Å². The summed E-state index contributed by atoms with van der Waals surface area (Å²) in [5, 5.41) is 13.0. The van der Waals surface area contributed by atoms with Gasteiger partial charge in [0, 0.05) is 12.6 Å². The first-order valence-electron chi connectivity index (χ1n) is 9.99. The zero-order valence-electron chi connectivity index (χ0n) is 17.5. The predicted molar refractivity (Wildman–Crippen MR) is 107 cm³/mol. The zero-order chi connectivity index (χ0) is 20.3. The fourth-order valence-corrected chi connectivity index (χ4v) is 2.80. The molecule has 1 rings (SSSR count). The molecule has 0 fully saturated rings. The standard InChI is InChI=1S/C21H36N2O4/c1-6-9-16(10-7-2)15-26-19-12-8-11-17(23-19)18(24)13-14-22-20(25)27-21(3,4)5/h8,11-12,16,18,24H,6-7,9-10,13-15H2,1-5H3,(H,22,25). The van der Waals surface area contributed by atoms with E-state index in [-0.39, 0.29) is 0 Å². The number of pyridine rings is 1. The average molecular weight is 381 g/mol. The lowest BCUT2D eigenvalue weighted by Gasteiger charge is -2.20. The molecule has 1 amide bonds. The number of carbonyl (C=O) groups is 1. The van der Waals surface area contributed by atoms with Crippen molar-refractivity contribution >= 4 is 6.09 Å². The van der Waals surface area contributed by atoms with E-state index in [4.69, 9.17) is 9.47 Å². The number of hydrogen-bond donors (Lipinski definition) is 2. The van der Waals surface area contributed by atoms with Gasteiger partial charge in [0.1, 0.15) is 5.60 Å². The van der Waals surface area contributed by atoms with E-state index in [1.807, 2.05) is 32.9 Å². The zero-order valence-corrected chi connectivity index (χ0v) is 17.5. The highest BCUT2D eigenvalue weighted by atomic mass is 16.6. The molecule has 1 unspecified atom stereocenters. The summed E-state index contributed by atoms with van der Waals surface area (Å²) in [6.45, 7) is 10.7. The normalized spacial score (nSPS) is 12.7. The first kappa shape index (κ1) is 23.2. The minimum Gasteiger partial charge on any atom is -0.477 e. The number of aliphatic hydroxyl groups is 1. The summed E-state index contributed by atoms with van der Waals surface area (Å²) in [7, 11) is 0. The second-order valence-electron chi connectivity index (χ2n) is 7.89. The van der Waals surface area contributed by atoms with E-state index in [9.17, 15) is 9.90 Å². The topological polar surface area (TPSA) is 80.7 Å². The number of alkyl carbamates (subject to hydrolysis) is 1. The van der Waals surface area contributed by atoms with E-state index in [1.54, 1.807) is 6.07 Å². The van der Waals surface area contributed by atoms with Crippen LogP contribution in [0.5, 0.6) is 5.88 Å². The van der Waals surface area contributed by atoms with Gasteiger partial charge in [0.05, 0.1) is 18.4 Å². The molecule has 0 aliphatic carbocycles. The maximum Gasteiger partial charge on any atom is 0.407 e. The number of ether oxygens (including phenoxy) is 2. The van der Waals surface area contributed by atoms with Crippen LogP contribution in [0.3, 0.4) is 0 Å². The summed E-state index contributed by atoms with van der Waals surface area (Å²) in [6.07, 6.45) is 3.67. The molecular formula is C21H36N2O4. The molecule has 2 N–H and O–H groups in total. The van der Waals surface area contributed by atoms with E-state index >= 15 is 0 Å². The Balaban J connectivity index is 2.48. The molecule has 1 aromatic heterocycles. The Bertz CT molecular complexity index is 551. The first-order valence-corrected chi connectivity index (χ1v) is 9.99. The lowest BCUT2D eigenvalue weighted by molar-refractivity contribution is 0.0517. The Labute approximate surface area is 163 Å². The van der Waals surface area contributed by atoms with Crippen LogP contribution in [0.15, 0.2) is 18.2 Å². The molecule has 27 heavy (non-hydrogen) atoms. The van der Waals surface area contributed by atoms with Crippen LogP contribution in [-0.4, -0.2) is 34.9 Å². The van der Waals surface area contributed by atoms with Gasteiger partial charge in [0.15, 0.2) is 0 Å². The molecule has 0 aliphatic heterocycles. The summed E-state index contributed by atoms with van der Waals surface area (Å²) in [5.74, 6) is 1.07. The number of amides is 1. The van der Waals surface area contributed by atoms with Gasteiger partial charge in [0.25, 0.3) is 0 Å². The van der Waals surface area contributed by atoms with Gasteiger partial charge in [-0.3, -0.25) is 0 Å². The number of rotatable bonds is 11. The van der Waals surface area contributed by atoms with Crippen LogP contribution < -0.4 is 10.1 Å². The van der Waals surface area contributed by atoms with E-state index in [0.29, 0.717) is 37.1 Å². The summed E-state index contributed by atoms with van der Waals surface area (Å²) in [5.41, 5.74) is 0.00426. The van der Waals surface area contributed by atoms with E-state index < -0.39 is 17.8 Å². The average Bonchev–Trinajstić information content (AvgIpc) is 2.58. The lowest BCUT2D eigenvalue weighted by atomic mass is 9.99. The molecule has 0 spiro atoms. The van der Waals surface area contributed by atoms with Crippen LogP contribution in [0.25, 0.3) is 0 Å². The highest BCUT2D eigenvalue weighted by Crippen LogP contribution is 2.19.